The molecule has 0 aliphatic rings. The molecule has 5 nitrogen and oxygen atoms in total. The Bertz CT molecular complexity index is 732. The number of hydrogen-bond acceptors (Lipinski definition) is 5. The lowest BCUT2D eigenvalue weighted by molar-refractivity contribution is 0.107. The SMILES string of the molecule is O=Cc1c(O)c(-c2ccccc2)c(C=O)c(C=O)c1C=O. The van der Waals surface area contributed by atoms with Crippen molar-refractivity contribution in [2.75, 3.05) is 0 Å². The summed E-state index contributed by atoms with van der Waals surface area (Å²) < 4.78 is 0. The Morgan fingerprint density at radius 2 is 1.14 bits per heavy atom. The first-order chi connectivity index (χ1) is 10.2. The van der Waals surface area contributed by atoms with Crippen molar-refractivity contribution >= 4 is 25.1 Å². The minimum Gasteiger partial charge on any atom is -0.507 e. The highest BCUT2D eigenvalue weighted by molar-refractivity contribution is 6.10. The van der Waals surface area contributed by atoms with E-state index in [1.54, 1.807) is 30.3 Å². The first kappa shape index (κ1) is 14.3. The molecule has 0 saturated heterocycles. The molecule has 0 saturated carbocycles. The smallest absolute Gasteiger partial charge is 0.154 e. The predicted octanol–water partition coefficient (Wildman–Crippen LogP) is 2.31. The molecule has 0 fully saturated rings. The van der Waals surface area contributed by atoms with Crippen molar-refractivity contribution in [3.63, 3.8) is 0 Å². The first-order valence-electron chi connectivity index (χ1n) is 5.98. The molecule has 0 heterocycles. The third-order valence-corrected chi connectivity index (χ3v) is 3.17. The van der Waals surface area contributed by atoms with E-state index in [-0.39, 0.29) is 40.4 Å². The van der Waals surface area contributed by atoms with E-state index in [2.05, 4.69) is 0 Å². The second-order valence-electron chi connectivity index (χ2n) is 4.22. The van der Waals surface area contributed by atoms with E-state index in [9.17, 15) is 24.3 Å². The molecule has 0 aliphatic carbocycles. The first-order valence-corrected chi connectivity index (χ1v) is 5.98. The van der Waals surface area contributed by atoms with Crippen LogP contribution in [0.3, 0.4) is 0 Å². The molecular formula is C16H10O5. The van der Waals surface area contributed by atoms with Gasteiger partial charge in [-0.2, -0.15) is 0 Å². The number of carbonyl (C=O) groups is 4. The fourth-order valence-electron chi connectivity index (χ4n) is 2.21. The van der Waals surface area contributed by atoms with Gasteiger partial charge < -0.3 is 5.11 Å². The Morgan fingerprint density at radius 1 is 0.667 bits per heavy atom. The monoisotopic (exact) mass is 282 g/mol. The largest absolute Gasteiger partial charge is 0.507 e. The van der Waals surface area contributed by atoms with Crippen LogP contribution < -0.4 is 0 Å². The summed E-state index contributed by atoms with van der Waals surface area (Å²) in [7, 11) is 0. The van der Waals surface area contributed by atoms with E-state index < -0.39 is 5.75 Å². The fourth-order valence-corrected chi connectivity index (χ4v) is 2.21. The molecular weight excluding hydrogens is 272 g/mol. The van der Waals surface area contributed by atoms with Gasteiger partial charge in [-0.25, -0.2) is 0 Å². The average Bonchev–Trinajstić information content (AvgIpc) is 2.54. The normalized spacial score (nSPS) is 9.90. The summed E-state index contributed by atoms with van der Waals surface area (Å²) in [5, 5.41) is 10.2. The zero-order valence-corrected chi connectivity index (χ0v) is 10.8. The Hall–Kier alpha value is -3.08. The topological polar surface area (TPSA) is 88.5 Å². The van der Waals surface area contributed by atoms with Gasteiger partial charge in [0.15, 0.2) is 25.1 Å². The molecule has 2 aromatic carbocycles. The molecule has 0 amide bonds. The van der Waals surface area contributed by atoms with Gasteiger partial charge in [0.25, 0.3) is 0 Å². The maximum Gasteiger partial charge on any atom is 0.154 e. The highest BCUT2D eigenvalue weighted by atomic mass is 16.3. The fraction of sp³-hybridized carbons (Fsp3) is 0. The molecule has 2 aromatic rings. The molecule has 0 aliphatic heterocycles. The van der Waals surface area contributed by atoms with E-state index in [1.807, 2.05) is 0 Å². The maximum atomic E-state index is 11.3. The van der Waals surface area contributed by atoms with Gasteiger partial charge in [-0.3, -0.25) is 19.2 Å². The third-order valence-electron chi connectivity index (χ3n) is 3.17. The number of phenols is 1. The van der Waals surface area contributed by atoms with Gasteiger partial charge in [0.1, 0.15) is 5.75 Å². The van der Waals surface area contributed by atoms with Crippen LogP contribution in [-0.4, -0.2) is 30.3 Å². The second kappa shape index (κ2) is 5.92. The summed E-state index contributed by atoms with van der Waals surface area (Å²) in [6.45, 7) is 0. The molecule has 104 valence electrons. The molecule has 5 heteroatoms. The van der Waals surface area contributed by atoms with E-state index in [1.165, 1.54) is 0 Å². The van der Waals surface area contributed by atoms with E-state index in [0.29, 0.717) is 18.1 Å². The maximum absolute atomic E-state index is 11.3. The lowest BCUT2D eigenvalue weighted by atomic mass is 9.89. The van der Waals surface area contributed by atoms with Gasteiger partial charge in [0.05, 0.1) is 5.56 Å². The lowest BCUT2D eigenvalue weighted by Gasteiger charge is -2.14. The Labute approximate surface area is 119 Å². The summed E-state index contributed by atoms with van der Waals surface area (Å²) in [4.78, 5) is 44.8. The van der Waals surface area contributed by atoms with Crippen LogP contribution in [0.5, 0.6) is 5.75 Å². The predicted molar refractivity (Wildman–Crippen MR) is 75.1 cm³/mol. The summed E-state index contributed by atoms with van der Waals surface area (Å²) >= 11 is 0. The summed E-state index contributed by atoms with van der Waals surface area (Å²) in [5.41, 5.74) is -0.419. The minimum atomic E-state index is -0.494. The number of aldehydes is 4. The molecule has 1 N–H and O–H groups in total. The Kier molecular flexibility index (Phi) is 4.04. The number of rotatable bonds is 5. The molecule has 21 heavy (non-hydrogen) atoms. The third kappa shape index (κ3) is 2.25. The van der Waals surface area contributed by atoms with Gasteiger partial charge in [0, 0.05) is 22.3 Å². The van der Waals surface area contributed by atoms with Crippen LogP contribution in [0.25, 0.3) is 11.1 Å². The van der Waals surface area contributed by atoms with E-state index in [0.717, 1.165) is 0 Å². The molecule has 0 spiro atoms. The summed E-state index contributed by atoms with van der Waals surface area (Å²) in [5.74, 6) is -0.494. The van der Waals surface area contributed by atoms with Crippen LogP contribution in [0.2, 0.25) is 0 Å². The quantitative estimate of drug-likeness (QED) is 0.850. The number of phenolic OH excluding ortho intramolecular Hbond substituents is 1. The average molecular weight is 282 g/mol. The molecule has 0 atom stereocenters. The Morgan fingerprint density at radius 3 is 1.62 bits per heavy atom. The molecule has 0 bridgehead atoms. The van der Waals surface area contributed by atoms with Crippen molar-refractivity contribution in [2.24, 2.45) is 0 Å². The summed E-state index contributed by atoms with van der Waals surface area (Å²) in [6.07, 6.45) is 1.27. The van der Waals surface area contributed by atoms with Crippen molar-refractivity contribution in [1.82, 2.24) is 0 Å². The number of carbonyl (C=O) groups excluding carboxylic acids is 4. The van der Waals surface area contributed by atoms with Gasteiger partial charge in [-0.05, 0) is 5.56 Å². The van der Waals surface area contributed by atoms with E-state index in [4.69, 9.17) is 0 Å². The van der Waals surface area contributed by atoms with Crippen LogP contribution in [0.15, 0.2) is 30.3 Å². The number of aromatic hydroxyl groups is 1. The molecule has 0 radical (unpaired) electrons. The molecule has 2 rings (SSSR count). The highest BCUT2D eigenvalue weighted by Gasteiger charge is 2.23. The van der Waals surface area contributed by atoms with Crippen LogP contribution in [0.1, 0.15) is 41.4 Å². The number of benzene rings is 2. The standard InChI is InChI=1S/C16H10O5/c17-6-11-12(7-18)14(9-20)16(21)15(13(11)8-19)10-4-2-1-3-5-10/h1-9,21H. The second-order valence-corrected chi connectivity index (χ2v) is 4.22. The van der Waals surface area contributed by atoms with Gasteiger partial charge in [-0.15, -0.1) is 0 Å². The number of hydrogen-bond donors (Lipinski definition) is 1. The summed E-state index contributed by atoms with van der Waals surface area (Å²) in [6, 6.07) is 8.33. The van der Waals surface area contributed by atoms with Crippen LogP contribution >= 0.6 is 0 Å². The zero-order valence-electron chi connectivity index (χ0n) is 10.8. The van der Waals surface area contributed by atoms with Crippen molar-refractivity contribution in [3.8, 4) is 16.9 Å². The van der Waals surface area contributed by atoms with Gasteiger partial charge >= 0.3 is 0 Å². The zero-order chi connectivity index (χ0) is 15.4. The van der Waals surface area contributed by atoms with Crippen molar-refractivity contribution in [2.45, 2.75) is 0 Å². The van der Waals surface area contributed by atoms with Gasteiger partial charge in [-0.1, -0.05) is 30.3 Å². The minimum absolute atomic E-state index is 0.0559. The molecule has 0 aromatic heterocycles. The Balaban J connectivity index is 3.00. The lowest BCUT2D eigenvalue weighted by Crippen LogP contribution is -2.06. The highest BCUT2D eigenvalue weighted by Crippen LogP contribution is 2.38. The van der Waals surface area contributed by atoms with Crippen molar-refractivity contribution in [1.29, 1.82) is 0 Å². The van der Waals surface area contributed by atoms with Crippen LogP contribution in [0.4, 0.5) is 0 Å². The van der Waals surface area contributed by atoms with Crippen LogP contribution in [0, 0.1) is 0 Å². The van der Waals surface area contributed by atoms with E-state index >= 15 is 0 Å². The molecule has 0 unspecified atom stereocenters. The van der Waals surface area contributed by atoms with Crippen molar-refractivity contribution in [3.05, 3.63) is 52.6 Å². The van der Waals surface area contributed by atoms with Crippen molar-refractivity contribution < 1.29 is 24.3 Å². The van der Waals surface area contributed by atoms with Gasteiger partial charge in [0.2, 0.25) is 0 Å². The van der Waals surface area contributed by atoms with Crippen LogP contribution in [-0.2, 0) is 0 Å².